The zero-order valence-corrected chi connectivity index (χ0v) is 48.4. The standard InChI is InChI=1S/C30H34ClFN4O4.C24H24ClFN4O3.C6H12O2/c1-18(37)29-23-13-19(12-22(38)14-30(2,3)4)8-11-25(23)36(34-29)17-27(40)35(21-9-10-21)16-26(39)33-15-20-6-5-7-24(31)28(20)32;1-14(31)19-11-29(21-8-5-16(27)9-18(19)21)13-23(33)30(17-6-7-17)12-22(32)28-10-15-3-2-4-20(25)24(15)26;1-6(2,3)4-5(7)8/h5-8,11,13,21H,9-10,12,14-17H2,1-4H3,(H,33,39);2-5,8-9,11,17H,6-7,10,12-13,27H2,1H3,(H,28,32);4H2,1-3H3,(H,7,8). The number of carbonyl (C=O) groups excluding carboxylic acids is 7. The summed E-state index contributed by atoms with van der Waals surface area (Å²) in [4.78, 5) is 102. The third-order valence-electron chi connectivity index (χ3n) is 13.1. The van der Waals surface area contributed by atoms with E-state index in [1.807, 2.05) is 47.6 Å². The first-order chi connectivity index (χ1) is 38.0. The number of hydrogen-bond acceptors (Lipinski definition) is 10. The molecule has 0 radical (unpaired) electrons. The molecule has 17 nitrogen and oxygen atoms in total. The molecule has 2 heterocycles. The normalized spacial score (nSPS) is 13.1. The van der Waals surface area contributed by atoms with Gasteiger partial charge in [-0.2, -0.15) is 5.10 Å². The van der Waals surface area contributed by atoms with Gasteiger partial charge in [-0.3, -0.25) is 43.0 Å². The molecule has 0 saturated heterocycles. The predicted octanol–water partition coefficient (Wildman–Crippen LogP) is 9.92. The Kier molecular flexibility index (Phi) is 20.8. The Labute approximate surface area is 479 Å². The van der Waals surface area contributed by atoms with Gasteiger partial charge in [0.15, 0.2) is 11.6 Å². The van der Waals surface area contributed by atoms with Gasteiger partial charge in [-0.1, -0.05) is 95.1 Å². The number of nitrogens with two attached hydrogens (primary N) is 1. The number of nitrogens with one attached hydrogen (secondary N) is 2. The molecule has 8 rings (SSSR count). The second-order valence-electron chi connectivity index (χ2n) is 23.0. The summed E-state index contributed by atoms with van der Waals surface area (Å²) < 4.78 is 31.4. The molecule has 81 heavy (non-hydrogen) atoms. The van der Waals surface area contributed by atoms with Crippen LogP contribution in [-0.4, -0.2) is 101 Å². The van der Waals surface area contributed by atoms with Gasteiger partial charge in [0.1, 0.15) is 36.2 Å². The zero-order chi connectivity index (χ0) is 59.7. The molecule has 2 aromatic heterocycles. The molecule has 2 saturated carbocycles. The highest BCUT2D eigenvalue weighted by molar-refractivity contribution is 6.31. The van der Waals surface area contributed by atoms with Crippen LogP contribution in [0, 0.1) is 22.5 Å². The van der Waals surface area contributed by atoms with Gasteiger partial charge < -0.3 is 35.8 Å². The molecule has 2 fully saturated rings. The fourth-order valence-electron chi connectivity index (χ4n) is 9.03. The zero-order valence-electron chi connectivity index (χ0n) is 46.9. The first-order valence-electron chi connectivity index (χ1n) is 26.6. The van der Waals surface area contributed by atoms with E-state index in [0.717, 1.165) is 36.8 Å². The van der Waals surface area contributed by atoms with Crippen LogP contribution in [0.5, 0.6) is 0 Å². The fourth-order valence-corrected chi connectivity index (χ4v) is 9.42. The Morgan fingerprint density at radius 1 is 0.679 bits per heavy atom. The molecule has 0 unspecified atom stereocenters. The number of ketones is 3. The molecule has 0 aliphatic heterocycles. The number of benzene rings is 4. The monoisotopic (exact) mass is 1150 g/mol. The number of amides is 4. The minimum absolute atomic E-state index is 0.00379. The summed E-state index contributed by atoms with van der Waals surface area (Å²) in [6.07, 6.45) is 5.80. The number of nitrogens with zero attached hydrogens (tertiary/aromatic N) is 5. The molecule has 4 aromatic carbocycles. The fraction of sp³-hybridized carbons (Fsp3) is 0.417. The lowest BCUT2D eigenvalue weighted by atomic mass is 9.88. The van der Waals surface area contributed by atoms with Crippen LogP contribution in [-0.2, 0) is 61.4 Å². The quantitative estimate of drug-likeness (QED) is 0.0415. The number of rotatable bonds is 20. The molecule has 432 valence electrons. The van der Waals surface area contributed by atoms with Gasteiger partial charge in [0.05, 0.1) is 35.1 Å². The predicted molar refractivity (Wildman–Crippen MR) is 307 cm³/mol. The second kappa shape index (κ2) is 26.8. The van der Waals surface area contributed by atoms with E-state index in [9.17, 15) is 47.1 Å². The van der Waals surface area contributed by atoms with Gasteiger partial charge in [0.2, 0.25) is 23.6 Å². The number of anilines is 1. The first kappa shape index (κ1) is 62.7. The average molecular weight is 1160 g/mol. The molecular formula is C60H70Cl2F2N8O9. The minimum atomic E-state index is -0.725. The molecular weight excluding hydrogens is 1090 g/mol. The molecule has 21 heteroatoms. The summed E-state index contributed by atoms with van der Waals surface area (Å²) in [5, 5.41) is 19.2. The van der Waals surface area contributed by atoms with E-state index >= 15 is 0 Å². The van der Waals surface area contributed by atoms with Crippen molar-refractivity contribution in [3.8, 4) is 0 Å². The third-order valence-corrected chi connectivity index (χ3v) is 13.7. The summed E-state index contributed by atoms with van der Waals surface area (Å²) in [6.45, 7) is 14.1. The maximum atomic E-state index is 14.2. The van der Waals surface area contributed by atoms with Crippen molar-refractivity contribution < 1.29 is 52.2 Å². The van der Waals surface area contributed by atoms with Crippen molar-refractivity contribution in [1.82, 2.24) is 34.8 Å². The number of carbonyl (C=O) groups is 8. The number of halogens is 4. The highest BCUT2D eigenvalue weighted by atomic mass is 35.5. The van der Waals surface area contributed by atoms with Gasteiger partial charge in [-0.25, -0.2) is 8.78 Å². The van der Waals surface area contributed by atoms with E-state index in [2.05, 4.69) is 15.7 Å². The van der Waals surface area contributed by atoms with Gasteiger partial charge in [0.25, 0.3) is 0 Å². The molecule has 0 spiro atoms. The van der Waals surface area contributed by atoms with E-state index in [0.29, 0.717) is 34.0 Å². The highest BCUT2D eigenvalue weighted by Crippen LogP contribution is 2.31. The Bertz CT molecular complexity index is 3370. The SMILES string of the molecule is CC(=O)c1cn(CC(=O)N(CC(=O)NCc2cccc(Cl)c2F)C2CC2)c2ccc(N)cc12.CC(=O)c1nn(CC(=O)N(CC(=O)NCc2cccc(Cl)c2F)C2CC2)c2ccc(CC(=O)CC(C)(C)C)cc12.CC(C)(C)CC(=O)O. The van der Waals surface area contributed by atoms with Crippen LogP contribution in [0.15, 0.2) is 79.0 Å². The smallest absolute Gasteiger partial charge is 0.303 e. The number of nitrogen functional groups attached to an aromatic ring is 1. The maximum absolute atomic E-state index is 14.2. The van der Waals surface area contributed by atoms with Crippen molar-refractivity contribution in [2.24, 2.45) is 10.8 Å². The Morgan fingerprint density at radius 3 is 1.64 bits per heavy atom. The topological polar surface area (TPSA) is 236 Å². The Hall–Kier alpha value is -7.51. The lowest BCUT2D eigenvalue weighted by Gasteiger charge is -2.22. The Morgan fingerprint density at radius 2 is 1.19 bits per heavy atom. The number of aromatic nitrogens is 3. The number of carboxylic acid groups (broad SMARTS) is 1. The van der Waals surface area contributed by atoms with Crippen molar-refractivity contribution >= 4 is 97.6 Å². The average Bonchev–Trinajstić information content (AvgIpc) is 4.46. The lowest BCUT2D eigenvalue weighted by molar-refractivity contribution is -0.139. The van der Waals surface area contributed by atoms with Crippen molar-refractivity contribution in [3.05, 3.63) is 129 Å². The molecule has 2 aliphatic rings. The lowest BCUT2D eigenvalue weighted by Crippen LogP contribution is -2.43. The summed E-state index contributed by atoms with van der Waals surface area (Å²) in [6, 6.07) is 19.7. The van der Waals surface area contributed by atoms with Crippen molar-refractivity contribution in [1.29, 1.82) is 0 Å². The van der Waals surface area contributed by atoms with Crippen LogP contribution in [0.3, 0.4) is 0 Å². The summed E-state index contributed by atoms with van der Waals surface area (Å²) in [7, 11) is 0. The van der Waals surface area contributed by atoms with Crippen LogP contribution in [0.25, 0.3) is 21.8 Å². The minimum Gasteiger partial charge on any atom is -0.481 e. The summed E-state index contributed by atoms with van der Waals surface area (Å²) in [5.41, 5.74) is 9.55. The molecule has 0 bridgehead atoms. The molecule has 5 N–H and O–H groups in total. The molecule has 0 atom stereocenters. The number of carboxylic acids is 1. The van der Waals surface area contributed by atoms with Gasteiger partial charge in [-0.15, -0.1) is 0 Å². The molecule has 6 aromatic rings. The van der Waals surface area contributed by atoms with E-state index in [4.69, 9.17) is 34.0 Å². The van der Waals surface area contributed by atoms with Gasteiger partial charge in [-0.05, 0) is 91.5 Å². The van der Waals surface area contributed by atoms with Crippen LogP contribution in [0.2, 0.25) is 10.0 Å². The van der Waals surface area contributed by atoms with E-state index in [1.54, 1.807) is 64.2 Å². The van der Waals surface area contributed by atoms with E-state index < -0.39 is 23.5 Å². The second-order valence-corrected chi connectivity index (χ2v) is 23.8. The van der Waals surface area contributed by atoms with Gasteiger partial charge >= 0.3 is 5.97 Å². The molecule has 2 aliphatic carbocycles. The Balaban J connectivity index is 0.000000233. The van der Waals surface area contributed by atoms with E-state index in [1.165, 1.54) is 41.6 Å². The van der Waals surface area contributed by atoms with Crippen molar-refractivity contribution in [2.45, 2.75) is 139 Å². The van der Waals surface area contributed by atoms with Crippen molar-refractivity contribution in [3.63, 3.8) is 0 Å². The van der Waals surface area contributed by atoms with Crippen LogP contribution in [0.4, 0.5) is 14.5 Å². The molecule has 4 amide bonds. The van der Waals surface area contributed by atoms with Crippen LogP contribution in [0.1, 0.15) is 131 Å². The number of hydrogen-bond donors (Lipinski definition) is 4. The summed E-state index contributed by atoms with van der Waals surface area (Å²) >= 11 is 11.6. The number of aliphatic carboxylic acids is 1. The largest absolute Gasteiger partial charge is 0.481 e. The highest BCUT2D eigenvalue weighted by Gasteiger charge is 2.36. The van der Waals surface area contributed by atoms with Crippen LogP contribution < -0.4 is 16.4 Å². The maximum Gasteiger partial charge on any atom is 0.303 e. The number of Topliss-reactive ketones (excluding diaryl/α,β-unsaturated/α-hetero) is 3. The summed E-state index contributed by atoms with van der Waals surface area (Å²) in [5.74, 6) is -3.49. The number of fused-ring (bicyclic) bond motifs is 2. The van der Waals surface area contributed by atoms with Gasteiger partial charge in [0, 0.05) is 89.8 Å². The van der Waals surface area contributed by atoms with E-state index in [-0.39, 0.29) is 137 Å². The third kappa shape index (κ3) is 18.2. The van der Waals surface area contributed by atoms with Crippen LogP contribution >= 0.6 is 23.2 Å². The van der Waals surface area contributed by atoms with Crippen molar-refractivity contribution in [2.75, 3.05) is 18.8 Å². The first-order valence-corrected chi connectivity index (χ1v) is 27.4.